The molecule has 2 unspecified atom stereocenters. The van der Waals surface area contributed by atoms with Crippen molar-refractivity contribution in [3.63, 3.8) is 0 Å². The van der Waals surface area contributed by atoms with Gasteiger partial charge in [-0.05, 0) is 62.0 Å². The highest BCUT2D eigenvalue weighted by Crippen LogP contribution is 2.68. The molecule has 7 heteroatoms. The van der Waals surface area contributed by atoms with E-state index in [-0.39, 0.29) is 42.3 Å². The van der Waals surface area contributed by atoms with E-state index in [2.05, 4.69) is 13.8 Å². The molecule has 0 aliphatic heterocycles. The Labute approximate surface area is 220 Å². The fourth-order valence-corrected chi connectivity index (χ4v) is 8.25. The normalized spacial score (nSPS) is 40.4. The van der Waals surface area contributed by atoms with Gasteiger partial charge in [-0.3, -0.25) is 19.2 Å². The first-order valence-electron chi connectivity index (χ1n) is 13.9. The third-order valence-corrected chi connectivity index (χ3v) is 9.95. The van der Waals surface area contributed by atoms with Crippen molar-refractivity contribution in [1.29, 1.82) is 0 Å². The second-order valence-electron chi connectivity index (χ2n) is 12.5. The largest absolute Gasteiger partial charge is 0.457 e. The van der Waals surface area contributed by atoms with Crippen LogP contribution < -0.4 is 0 Å². The van der Waals surface area contributed by atoms with Gasteiger partial charge in [0.1, 0.15) is 0 Å². The molecule has 3 saturated carbocycles. The monoisotopic (exact) mass is 514 g/mol. The van der Waals surface area contributed by atoms with Crippen LogP contribution in [0.4, 0.5) is 0 Å². The molecule has 0 aromatic carbocycles. The van der Waals surface area contributed by atoms with E-state index in [4.69, 9.17) is 9.47 Å². The second-order valence-corrected chi connectivity index (χ2v) is 12.5. The van der Waals surface area contributed by atoms with Crippen LogP contribution in [0.2, 0.25) is 0 Å². The average molecular weight is 515 g/mol. The zero-order valence-corrected chi connectivity index (χ0v) is 23.0. The highest BCUT2D eigenvalue weighted by molar-refractivity contribution is 6.01. The van der Waals surface area contributed by atoms with Crippen LogP contribution in [0.25, 0.3) is 0 Å². The third kappa shape index (κ3) is 4.31. The van der Waals surface area contributed by atoms with Crippen molar-refractivity contribution in [1.82, 2.24) is 0 Å². The number of carbonyl (C=O) groups excluding carboxylic acids is 4. The second kappa shape index (κ2) is 9.79. The van der Waals surface area contributed by atoms with Crippen molar-refractivity contribution in [2.45, 2.75) is 91.8 Å². The van der Waals surface area contributed by atoms with Crippen LogP contribution >= 0.6 is 0 Å². The molecule has 37 heavy (non-hydrogen) atoms. The van der Waals surface area contributed by atoms with Gasteiger partial charge in [0, 0.05) is 23.2 Å². The Morgan fingerprint density at radius 2 is 1.92 bits per heavy atom. The predicted molar refractivity (Wildman–Crippen MR) is 137 cm³/mol. The van der Waals surface area contributed by atoms with Gasteiger partial charge in [0.05, 0.1) is 12.0 Å². The lowest BCUT2D eigenvalue weighted by atomic mass is 9.44. The van der Waals surface area contributed by atoms with E-state index in [1.807, 2.05) is 19.9 Å². The van der Waals surface area contributed by atoms with Gasteiger partial charge in [-0.2, -0.15) is 0 Å². The molecule has 0 aromatic heterocycles. The number of aliphatic hydroxyl groups is 1. The number of esters is 2. The molecule has 0 radical (unpaired) electrons. The molecule has 7 nitrogen and oxygen atoms in total. The summed E-state index contributed by atoms with van der Waals surface area (Å²) in [7, 11) is 0. The zero-order chi connectivity index (χ0) is 27.3. The van der Waals surface area contributed by atoms with Gasteiger partial charge in [0.15, 0.2) is 18.0 Å². The molecule has 4 aliphatic rings. The molecule has 8 atom stereocenters. The Morgan fingerprint density at radius 1 is 1.22 bits per heavy atom. The van der Waals surface area contributed by atoms with Crippen molar-refractivity contribution < 1.29 is 33.8 Å². The molecule has 0 heterocycles. The van der Waals surface area contributed by atoms with Gasteiger partial charge in [-0.1, -0.05) is 53.2 Å². The molecule has 4 rings (SSSR count). The number of carbonyl (C=O) groups is 4. The van der Waals surface area contributed by atoms with Crippen LogP contribution in [0.1, 0.15) is 80.1 Å². The first-order valence-corrected chi connectivity index (χ1v) is 13.9. The molecule has 3 fully saturated rings. The van der Waals surface area contributed by atoms with Crippen LogP contribution in [0.15, 0.2) is 23.8 Å². The highest BCUT2D eigenvalue weighted by atomic mass is 16.6. The maximum Gasteiger partial charge on any atom is 0.309 e. The minimum absolute atomic E-state index is 0.0170. The van der Waals surface area contributed by atoms with E-state index in [1.54, 1.807) is 26.0 Å². The maximum atomic E-state index is 13.9. The predicted octanol–water partition coefficient (Wildman–Crippen LogP) is 4.36. The number of allylic oxidation sites excluding steroid dienone is 4. The number of hydrogen-bond donors (Lipinski definition) is 1. The number of ketones is 2. The van der Waals surface area contributed by atoms with Gasteiger partial charge in [-0.25, -0.2) is 0 Å². The van der Waals surface area contributed by atoms with Gasteiger partial charge < -0.3 is 14.6 Å². The number of rotatable bonds is 7. The smallest absolute Gasteiger partial charge is 0.309 e. The van der Waals surface area contributed by atoms with Crippen molar-refractivity contribution in [3.05, 3.63) is 23.8 Å². The lowest BCUT2D eigenvalue weighted by Crippen LogP contribution is -2.63. The van der Waals surface area contributed by atoms with Gasteiger partial charge in [-0.15, -0.1) is 0 Å². The first kappa shape index (κ1) is 27.7. The molecule has 204 valence electrons. The Morgan fingerprint density at radius 3 is 2.57 bits per heavy atom. The lowest BCUT2D eigenvalue weighted by Gasteiger charge is -2.61. The van der Waals surface area contributed by atoms with Crippen molar-refractivity contribution >= 4 is 23.5 Å². The van der Waals surface area contributed by atoms with Crippen molar-refractivity contribution in [2.75, 3.05) is 6.61 Å². The van der Waals surface area contributed by atoms with Crippen LogP contribution in [0.5, 0.6) is 0 Å². The molecule has 1 N–H and O–H groups in total. The molecule has 0 aromatic rings. The highest BCUT2D eigenvalue weighted by Gasteiger charge is 2.70. The summed E-state index contributed by atoms with van der Waals surface area (Å²) < 4.78 is 11.4. The molecule has 0 spiro atoms. The summed E-state index contributed by atoms with van der Waals surface area (Å²) in [6, 6.07) is 0. The number of ether oxygens (including phenoxy) is 2. The summed E-state index contributed by atoms with van der Waals surface area (Å²) in [6.45, 7) is 11.1. The van der Waals surface area contributed by atoms with Crippen LogP contribution in [-0.4, -0.2) is 46.9 Å². The average Bonchev–Trinajstić information content (AvgIpc) is 3.11. The number of Topliss-reactive ketones (excluding diaryl/α,β-unsaturated/α-hetero) is 1. The Kier molecular flexibility index (Phi) is 7.34. The SMILES string of the molecule is CCCC(=O)OCC(=O)[C@@]1(OC(=O)C(C)C)CC[C@H]2[C@@H]3CC(C)C4=CC(=O)C=C[C@]4(C)[C@H]3C(O)C[C@@]21C. The van der Waals surface area contributed by atoms with E-state index in [9.17, 15) is 24.3 Å². The molecule has 0 saturated heterocycles. The fourth-order valence-electron chi connectivity index (χ4n) is 8.25. The standard InChI is InChI=1S/C30H42O7/c1-7-8-25(34)36-16-24(33)30(37-27(35)17(2)3)12-10-21-20-13-18(4)22-14-19(31)9-11-28(22,5)26(20)23(32)15-29(21,30)6/h9,11,14,17-18,20-21,23,26,32H,7-8,10,12-13,15-16H2,1-6H3/t18?,20-,21-,23?,26+,28-,29-,30-/m0/s1. The van der Waals surface area contributed by atoms with E-state index >= 15 is 0 Å². The summed E-state index contributed by atoms with van der Waals surface area (Å²) in [4.78, 5) is 51.1. The molecule has 4 aliphatic carbocycles. The van der Waals surface area contributed by atoms with Gasteiger partial charge in [0.2, 0.25) is 5.78 Å². The van der Waals surface area contributed by atoms with Crippen LogP contribution in [-0.2, 0) is 28.7 Å². The fraction of sp³-hybridized carbons (Fsp3) is 0.733. The van der Waals surface area contributed by atoms with Crippen LogP contribution in [0, 0.1) is 40.4 Å². The Hall–Kier alpha value is -2.28. The number of hydrogen-bond acceptors (Lipinski definition) is 7. The quantitative estimate of drug-likeness (QED) is 0.503. The number of aliphatic hydroxyl groups excluding tert-OH is 1. The zero-order valence-electron chi connectivity index (χ0n) is 23.0. The first-order chi connectivity index (χ1) is 17.3. The summed E-state index contributed by atoms with van der Waals surface area (Å²) in [5.41, 5.74) is -1.65. The van der Waals surface area contributed by atoms with E-state index < -0.39 is 52.8 Å². The molecule has 0 bridgehead atoms. The van der Waals surface area contributed by atoms with E-state index in [1.165, 1.54) is 0 Å². The topological polar surface area (TPSA) is 107 Å². The molecular weight excluding hydrogens is 472 g/mol. The maximum absolute atomic E-state index is 13.9. The van der Waals surface area contributed by atoms with E-state index in [0.29, 0.717) is 19.3 Å². The van der Waals surface area contributed by atoms with Crippen molar-refractivity contribution in [3.8, 4) is 0 Å². The molecule has 0 amide bonds. The summed E-state index contributed by atoms with van der Waals surface area (Å²) in [5.74, 6) is -1.60. The van der Waals surface area contributed by atoms with Gasteiger partial charge in [0.25, 0.3) is 0 Å². The van der Waals surface area contributed by atoms with E-state index in [0.717, 1.165) is 12.0 Å². The lowest BCUT2D eigenvalue weighted by molar-refractivity contribution is -0.204. The van der Waals surface area contributed by atoms with Crippen LogP contribution in [0.3, 0.4) is 0 Å². The minimum Gasteiger partial charge on any atom is -0.457 e. The number of fused-ring (bicyclic) bond motifs is 5. The van der Waals surface area contributed by atoms with Crippen molar-refractivity contribution in [2.24, 2.45) is 40.4 Å². The third-order valence-electron chi connectivity index (χ3n) is 9.95. The summed E-state index contributed by atoms with van der Waals surface area (Å²) in [5, 5.41) is 11.7. The minimum atomic E-state index is -1.46. The van der Waals surface area contributed by atoms with Gasteiger partial charge >= 0.3 is 11.9 Å². The Balaban J connectivity index is 1.72. The summed E-state index contributed by atoms with van der Waals surface area (Å²) >= 11 is 0. The Bertz CT molecular complexity index is 1040. The molecular formula is C30H42O7. The summed E-state index contributed by atoms with van der Waals surface area (Å²) in [6.07, 6.45) is 7.48.